The standard InChI is InChI=1S/C11H16N4/c1-8(2)15-7-13-9-5-14-11(3,4)6-12-10(9)15/h5-8H,1-4H3. The Labute approximate surface area is 89.8 Å². The van der Waals surface area contributed by atoms with E-state index >= 15 is 0 Å². The van der Waals surface area contributed by atoms with Crippen LogP contribution in [-0.2, 0) is 0 Å². The summed E-state index contributed by atoms with van der Waals surface area (Å²) in [6.07, 6.45) is 5.49. The molecule has 4 heteroatoms. The Morgan fingerprint density at radius 2 is 2.07 bits per heavy atom. The summed E-state index contributed by atoms with van der Waals surface area (Å²) in [5.41, 5.74) is 0.619. The Bertz CT molecular complexity index is 424. The van der Waals surface area contributed by atoms with Crippen molar-refractivity contribution in [2.45, 2.75) is 39.3 Å². The topological polar surface area (TPSA) is 42.5 Å². The zero-order chi connectivity index (χ0) is 11.1. The van der Waals surface area contributed by atoms with E-state index < -0.39 is 0 Å². The van der Waals surface area contributed by atoms with Gasteiger partial charge in [0.15, 0.2) is 5.82 Å². The highest BCUT2D eigenvalue weighted by Crippen LogP contribution is 2.24. The second-order valence-corrected chi connectivity index (χ2v) is 4.62. The number of nitrogens with zero attached hydrogens (tertiary/aromatic N) is 4. The molecular formula is C11H16N4. The number of imidazole rings is 1. The molecule has 2 heterocycles. The van der Waals surface area contributed by atoms with Crippen molar-refractivity contribution in [3.63, 3.8) is 0 Å². The molecule has 0 bridgehead atoms. The maximum Gasteiger partial charge on any atom is 0.161 e. The lowest BCUT2D eigenvalue weighted by Gasteiger charge is -2.11. The average molecular weight is 204 g/mol. The van der Waals surface area contributed by atoms with Gasteiger partial charge in [0.2, 0.25) is 0 Å². The minimum atomic E-state index is -0.234. The maximum atomic E-state index is 4.47. The minimum absolute atomic E-state index is 0.234. The number of rotatable bonds is 1. The summed E-state index contributed by atoms with van der Waals surface area (Å²) in [7, 11) is 0. The normalized spacial score (nSPS) is 17.9. The predicted octanol–water partition coefficient (Wildman–Crippen LogP) is 2.38. The van der Waals surface area contributed by atoms with Gasteiger partial charge in [0.25, 0.3) is 0 Å². The molecule has 0 aliphatic carbocycles. The average Bonchev–Trinajstić information content (AvgIpc) is 2.49. The Hall–Kier alpha value is -1.45. The van der Waals surface area contributed by atoms with Crippen molar-refractivity contribution < 1.29 is 0 Å². The van der Waals surface area contributed by atoms with Crippen LogP contribution >= 0.6 is 0 Å². The molecule has 0 N–H and O–H groups in total. The van der Waals surface area contributed by atoms with E-state index in [4.69, 9.17) is 0 Å². The van der Waals surface area contributed by atoms with E-state index in [0.717, 1.165) is 11.5 Å². The summed E-state index contributed by atoms with van der Waals surface area (Å²) in [6.45, 7) is 8.28. The molecular weight excluding hydrogens is 188 g/mol. The molecule has 0 atom stereocenters. The highest BCUT2D eigenvalue weighted by molar-refractivity contribution is 5.89. The Balaban J connectivity index is 2.51. The fraction of sp³-hybridized carbons (Fsp3) is 0.545. The molecule has 0 saturated carbocycles. The van der Waals surface area contributed by atoms with Crippen LogP contribution in [0, 0.1) is 0 Å². The summed E-state index contributed by atoms with van der Waals surface area (Å²) in [4.78, 5) is 13.2. The van der Waals surface area contributed by atoms with Gasteiger partial charge in [-0.25, -0.2) is 9.98 Å². The summed E-state index contributed by atoms with van der Waals surface area (Å²) in [5, 5.41) is 0. The SMILES string of the molecule is CC(C)n1cnc2c1N=CC(C)(C)N=C2. The van der Waals surface area contributed by atoms with Crippen LogP contribution in [0.2, 0.25) is 0 Å². The van der Waals surface area contributed by atoms with Gasteiger partial charge in [0, 0.05) is 12.3 Å². The minimum Gasteiger partial charge on any atom is -0.313 e. The molecule has 0 saturated heterocycles. The van der Waals surface area contributed by atoms with Crippen LogP contribution in [0.3, 0.4) is 0 Å². The smallest absolute Gasteiger partial charge is 0.161 e. The number of fused-ring (bicyclic) bond motifs is 1. The van der Waals surface area contributed by atoms with Gasteiger partial charge in [0.1, 0.15) is 5.69 Å². The zero-order valence-corrected chi connectivity index (χ0v) is 9.60. The first kappa shape index (κ1) is 10.1. The number of aromatic nitrogens is 2. The fourth-order valence-corrected chi connectivity index (χ4v) is 1.45. The monoisotopic (exact) mass is 204 g/mol. The molecule has 80 valence electrons. The predicted molar refractivity (Wildman–Crippen MR) is 62.4 cm³/mol. The van der Waals surface area contributed by atoms with Crippen LogP contribution in [0.5, 0.6) is 0 Å². The first-order valence-electron chi connectivity index (χ1n) is 5.17. The van der Waals surface area contributed by atoms with Crippen LogP contribution < -0.4 is 0 Å². The highest BCUT2D eigenvalue weighted by atomic mass is 15.2. The van der Waals surface area contributed by atoms with E-state index in [-0.39, 0.29) is 5.54 Å². The van der Waals surface area contributed by atoms with Gasteiger partial charge in [-0.2, -0.15) is 0 Å². The summed E-state index contributed by atoms with van der Waals surface area (Å²) >= 11 is 0. The van der Waals surface area contributed by atoms with E-state index in [1.54, 1.807) is 6.21 Å². The molecule has 2 rings (SSSR count). The van der Waals surface area contributed by atoms with Gasteiger partial charge in [-0.3, -0.25) is 4.99 Å². The highest BCUT2D eigenvalue weighted by Gasteiger charge is 2.18. The van der Waals surface area contributed by atoms with E-state index in [9.17, 15) is 0 Å². The van der Waals surface area contributed by atoms with Gasteiger partial charge in [-0.15, -0.1) is 0 Å². The number of hydrogen-bond acceptors (Lipinski definition) is 3. The van der Waals surface area contributed by atoms with E-state index in [1.165, 1.54) is 0 Å². The zero-order valence-electron chi connectivity index (χ0n) is 9.60. The van der Waals surface area contributed by atoms with E-state index in [0.29, 0.717) is 6.04 Å². The molecule has 4 nitrogen and oxygen atoms in total. The van der Waals surface area contributed by atoms with Gasteiger partial charge >= 0.3 is 0 Å². The molecule has 15 heavy (non-hydrogen) atoms. The van der Waals surface area contributed by atoms with Crippen LogP contribution in [0.25, 0.3) is 0 Å². The van der Waals surface area contributed by atoms with Crippen molar-refractivity contribution in [1.29, 1.82) is 0 Å². The third-order valence-corrected chi connectivity index (χ3v) is 2.37. The Kier molecular flexibility index (Phi) is 2.21. The lowest BCUT2D eigenvalue weighted by Crippen LogP contribution is -2.17. The van der Waals surface area contributed by atoms with Crippen molar-refractivity contribution in [3.05, 3.63) is 12.0 Å². The molecule has 1 aromatic heterocycles. The first-order chi connectivity index (χ1) is 6.99. The van der Waals surface area contributed by atoms with Crippen LogP contribution in [0.1, 0.15) is 39.4 Å². The van der Waals surface area contributed by atoms with Crippen molar-refractivity contribution >= 4 is 18.2 Å². The lowest BCUT2D eigenvalue weighted by molar-refractivity contribution is 0.603. The van der Waals surface area contributed by atoms with Crippen LogP contribution in [0.15, 0.2) is 16.3 Å². The summed E-state index contributed by atoms with van der Waals surface area (Å²) < 4.78 is 2.05. The third-order valence-electron chi connectivity index (χ3n) is 2.37. The molecule has 0 radical (unpaired) electrons. The molecule has 0 amide bonds. The Morgan fingerprint density at radius 1 is 1.33 bits per heavy atom. The van der Waals surface area contributed by atoms with Crippen LogP contribution in [0.4, 0.5) is 5.82 Å². The van der Waals surface area contributed by atoms with Crippen molar-refractivity contribution in [1.82, 2.24) is 9.55 Å². The molecule has 0 aromatic carbocycles. The van der Waals surface area contributed by atoms with E-state index in [2.05, 4.69) is 33.4 Å². The largest absolute Gasteiger partial charge is 0.313 e. The fourth-order valence-electron chi connectivity index (χ4n) is 1.45. The number of aliphatic imine (C=N–C) groups is 2. The molecule has 1 aromatic rings. The van der Waals surface area contributed by atoms with Crippen molar-refractivity contribution in [3.8, 4) is 0 Å². The second-order valence-electron chi connectivity index (χ2n) is 4.62. The molecule has 1 aliphatic heterocycles. The summed E-state index contributed by atoms with van der Waals surface area (Å²) in [5.74, 6) is 0.902. The molecule has 0 spiro atoms. The number of hydrogen-bond donors (Lipinski definition) is 0. The third kappa shape index (κ3) is 1.84. The van der Waals surface area contributed by atoms with E-state index in [1.807, 2.05) is 26.4 Å². The van der Waals surface area contributed by atoms with Gasteiger partial charge in [-0.1, -0.05) is 0 Å². The first-order valence-corrected chi connectivity index (χ1v) is 5.17. The molecule has 0 fully saturated rings. The lowest BCUT2D eigenvalue weighted by atomic mass is 10.1. The Morgan fingerprint density at radius 3 is 2.73 bits per heavy atom. The van der Waals surface area contributed by atoms with Crippen molar-refractivity contribution in [2.75, 3.05) is 0 Å². The summed E-state index contributed by atoms with van der Waals surface area (Å²) in [6, 6.07) is 0.369. The quantitative estimate of drug-likeness (QED) is 0.692. The molecule has 1 aliphatic rings. The van der Waals surface area contributed by atoms with Gasteiger partial charge < -0.3 is 4.57 Å². The molecule has 0 unspecified atom stereocenters. The van der Waals surface area contributed by atoms with Gasteiger partial charge in [-0.05, 0) is 27.7 Å². The second kappa shape index (κ2) is 3.29. The van der Waals surface area contributed by atoms with Crippen LogP contribution in [-0.4, -0.2) is 27.5 Å². The maximum absolute atomic E-state index is 4.47. The van der Waals surface area contributed by atoms with Gasteiger partial charge in [0.05, 0.1) is 18.1 Å². The van der Waals surface area contributed by atoms with Crippen molar-refractivity contribution in [2.24, 2.45) is 9.98 Å².